The Hall–Kier alpha value is -1.17. The molecule has 1 fully saturated rings. The molecule has 0 aliphatic carbocycles. The number of ether oxygens (including phenoxy) is 1. The van der Waals surface area contributed by atoms with Crippen LogP contribution in [0.15, 0.2) is 0 Å². The molecule has 1 aliphatic heterocycles. The van der Waals surface area contributed by atoms with E-state index in [9.17, 15) is 9.59 Å². The predicted molar refractivity (Wildman–Crippen MR) is 62.5 cm³/mol. The molecule has 1 heterocycles. The number of cyclic esters (lactones) is 1. The van der Waals surface area contributed by atoms with Crippen LogP contribution in [0.1, 0.15) is 32.6 Å². The fourth-order valence-corrected chi connectivity index (χ4v) is 1.91. The molecule has 16 heavy (non-hydrogen) atoms. The van der Waals surface area contributed by atoms with Crippen molar-refractivity contribution in [1.82, 2.24) is 5.32 Å². The predicted octanol–water partition coefficient (Wildman–Crippen LogP) is 0.470. The van der Waals surface area contributed by atoms with Crippen molar-refractivity contribution in [2.75, 3.05) is 6.61 Å². The van der Waals surface area contributed by atoms with E-state index >= 15 is 0 Å². The molecule has 3 N–H and O–H groups in total. The third-order valence-corrected chi connectivity index (χ3v) is 2.88. The fourth-order valence-electron chi connectivity index (χ4n) is 1.82. The Labute approximate surface area is 99.7 Å². The lowest BCUT2D eigenvalue weighted by atomic mass is 9.80. The van der Waals surface area contributed by atoms with Gasteiger partial charge < -0.3 is 15.8 Å². The molecule has 0 radical (unpaired) electrons. The van der Waals surface area contributed by atoms with Crippen molar-refractivity contribution in [3.63, 3.8) is 0 Å². The lowest BCUT2D eigenvalue weighted by Gasteiger charge is -2.22. The molecule has 1 unspecified atom stereocenters. The van der Waals surface area contributed by atoms with E-state index in [1.807, 2.05) is 6.92 Å². The van der Waals surface area contributed by atoms with Gasteiger partial charge in [0.25, 0.3) is 0 Å². The van der Waals surface area contributed by atoms with Gasteiger partial charge in [-0.3, -0.25) is 9.59 Å². The number of rotatable bonds is 4. The topological polar surface area (TPSA) is 81.4 Å². The monoisotopic (exact) mass is 244 g/mol. The summed E-state index contributed by atoms with van der Waals surface area (Å²) in [5, 5.41) is 2.22. The van der Waals surface area contributed by atoms with Gasteiger partial charge in [-0.2, -0.15) is 0 Å². The van der Waals surface area contributed by atoms with Crippen LogP contribution in [-0.2, 0) is 14.3 Å². The lowest BCUT2D eigenvalue weighted by molar-refractivity contribution is -0.152. The second-order valence-electron chi connectivity index (χ2n) is 3.89. The molecule has 90 valence electrons. The number of nitrogens with one attached hydrogen (secondary N) is 1. The number of thiocarbonyl (C=S) groups is 1. The van der Waals surface area contributed by atoms with E-state index < -0.39 is 17.3 Å². The third-order valence-electron chi connectivity index (χ3n) is 2.78. The van der Waals surface area contributed by atoms with Gasteiger partial charge >= 0.3 is 5.97 Å². The van der Waals surface area contributed by atoms with Crippen LogP contribution in [0, 0.1) is 5.41 Å². The number of amides is 1. The second-order valence-corrected chi connectivity index (χ2v) is 4.33. The zero-order valence-corrected chi connectivity index (χ0v) is 10.1. The summed E-state index contributed by atoms with van der Waals surface area (Å²) in [6.07, 6.45) is 2.59. The lowest BCUT2D eigenvalue weighted by Crippen LogP contribution is -2.48. The third kappa shape index (κ3) is 2.49. The molecule has 1 saturated heterocycles. The van der Waals surface area contributed by atoms with E-state index in [4.69, 9.17) is 10.5 Å². The normalized spacial score (nSPS) is 23.9. The minimum absolute atomic E-state index is 0.111. The van der Waals surface area contributed by atoms with Gasteiger partial charge in [-0.05, 0) is 18.6 Å². The Kier molecular flexibility index (Phi) is 4.23. The summed E-state index contributed by atoms with van der Waals surface area (Å²) in [7, 11) is 0. The Morgan fingerprint density at radius 1 is 1.69 bits per heavy atom. The van der Waals surface area contributed by atoms with Crippen molar-refractivity contribution in [2.24, 2.45) is 11.1 Å². The van der Waals surface area contributed by atoms with Gasteiger partial charge in [-0.1, -0.05) is 19.8 Å². The van der Waals surface area contributed by atoms with Crippen molar-refractivity contribution in [1.29, 1.82) is 0 Å². The highest BCUT2D eigenvalue weighted by atomic mass is 32.1. The highest BCUT2D eigenvalue weighted by Gasteiger charge is 2.50. The first-order chi connectivity index (χ1) is 7.53. The van der Waals surface area contributed by atoms with Gasteiger partial charge in [-0.25, -0.2) is 0 Å². The summed E-state index contributed by atoms with van der Waals surface area (Å²) in [6.45, 7) is 2.28. The SMILES string of the molecule is CCCCC1(C(=O)NC(N)=S)CCOC1=O. The smallest absolute Gasteiger partial charge is 0.321 e. The first-order valence-corrected chi connectivity index (χ1v) is 5.72. The number of carbonyl (C=O) groups is 2. The Bertz CT molecular complexity index is 319. The summed E-state index contributed by atoms with van der Waals surface area (Å²) in [5.41, 5.74) is 4.16. The number of unbranched alkanes of at least 4 members (excludes halogenated alkanes) is 1. The number of hydrogen-bond acceptors (Lipinski definition) is 4. The Morgan fingerprint density at radius 2 is 2.38 bits per heavy atom. The Balaban J connectivity index is 2.82. The van der Waals surface area contributed by atoms with E-state index in [1.165, 1.54) is 0 Å². The first kappa shape index (κ1) is 12.9. The van der Waals surface area contributed by atoms with Crippen LogP contribution < -0.4 is 11.1 Å². The standard InChI is InChI=1S/C10H16N2O3S/c1-2-3-4-10(5-6-15-8(10)14)7(13)12-9(11)16/h2-6H2,1H3,(H3,11,12,13,16). The van der Waals surface area contributed by atoms with Crippen LogP contribution in [0.3, 0.4) is 0 Å². The summed E-state index contributed by atoms with van der Waals surface area (Å²) in [6, 6.07) is 0. The van der Waals surface area contributed by atoms with E-state index in [0.29, 0.717) is 12.8 Å². The summed E-state index contributed by atoms with van der Waals surface area (Å²) >= 11 is 4.60. The molecule has 0 aromatic rings. The van der Waals surface area contributed by atoms with Crippen molar-refractivity contribution < 1.29 is 14.3 Å². The maximum absolute atomic E-state index is 11.9. The molecule has 0 saturated carbocycles. The maximum Gasteiger partial charge on any atom is 0.321 e. The second kappa shape index (κ2) is 5.25. The maximum atomic E-state index is 11.9. The van der Waals surface area contributed by atoms with Crippen LogP contribution in [-0.4, -0.2) is 23.6 Å². The van der Waals surface area contributed by atoms with Crippen LogP contribution in [0.25, 0.3) is 0 Å². The fraction of sp³-hybridized carbons (Fsp3) is 0.700. The molecule has 1 rings (SSSR count). The molecule has 0 aromatic carbocycles. The molecule has 1 amide bonds. The van der Waals surface area contributed by atoms with Crippen LogP contribution >= 0.6 is 12.2 Å². The number of nitrogens with two attached hydrogens (primary N) is 1. The van der Waals surface area contributed by atoms with E-state index in [2.05, 4.69) is 17.5 Å². The summed E-state index contributed by atoms with van der Waals surface area (Å²) in [4.78, 5) is 23.6. The van der Waals surface area contributed by atoms with Crippen LogP contribution in [0.2, 0.25) is 0 Å². The zero-order valence-electron chi connectivity index (χ0n) is 9.25. The largest absolute Gasteiger partial charge is 0.465 e. The highest BCUT2D eigenvalue weighted by molar-refractivity contribution is 7.80. The first-order valence-electron chi connectivity index (χ1n) is 5.31. The van der Waals surface area contributed by atoms with Crippen LogP contribution in [0.4, 0.5) is 0 Å². The van der Waals surface area contributed by atoms with Gasteiger partial charge in [-0.15, -0.1) is 0 Å². The Morgan fingerprint density at radius 3 is 2.81 bits per heavy atom. The van der Waals surface area contributed by atoms with Gasteiger partial charge in [0.2, 0.25) is 5.91 Å². The summed E-state index contributed by atoms with van der Waals surface area (Å²) in [5.74, 6) is -0.898. The molecule has 0 spiro atoms. The zero-order chi connectivity index (χ0) is 12.2. The van der Waals surface area contributed by atoms with Crippen molar-refractivity contribution in [3.8, 4) is 0 Å². The molecular weight excluding hydrogens is 228 g/mol. The molecule has 1 aliphatic rings. The number of esters is 1. The van der Waals surface area contributed by atoms with Gasteiger partial charge in [0.15, 0.2) is 5.11 Å². The number of carbonyl (C=O) groups excluding carboxylic acids is 2. The van der Waals surface area contributed by atoms with E-state index in [-0.39, 0.29) is 11.7 Å². The molecule has 6 heteroatoms. The molecule has 0 aromatic heterocycles. The molecule has 1 atom stereocenters. The van der Waals surface area contributed by atoms with Crippen molar-refractivity contribution in [3.05, 3.63) is 0 Å². The molecular formula is C10H16N2O3S. The average Bonchev–Trinajstić information content (AvgIpc) is 2.57. The van der Waals surface area contributed by atoms with Crippen molar-refractivity contribution in [2.45, 2.75) is 32.6 Å². The van der Waals surface area contributed by atoms with Gasteiger partial charge in [0.1, 0.15) is 5.41 Å². The highest BCUT2D eigenvalue weighted by Crippen LogP contribution is 2.35. The van der Waals surface area contributed by atoms with Crippen molar-refractivity contribution >= 4 is 29.2 Å². The minimum Gasteiger partial charge on any atom is -0.465 e. The quantitative estimate of drug-likeness (QED) is 0.427. The van der Waals surface area contributed by atoms with E-state index in [1.54, 1.807) is 0 Å². The van der Waals surface area contributed by atoms with Crippen LogP contribution in [0.5, 0.6) is 0 Å². The van der Waals surface area contributed by atoms with Gasteiger partial charge in [0, 0.05) is 6.42 Å². The summed E-state index contributed by atoms with van der Waals surface area (Å²) < 4.78 is 4.88. The molecule has 0 bridgehead atoms. The van der Waals surface area contributed by atoms with E-state index in [0.717, 1.165) is 12.8 Å². The van der Waals surface area contributed by atoms with Gasteiger partial charge in [0.05, 0.1) is 6.61 Å². The minimum atomic E-state index is -1.08. The average molecular weight is 244 g/mol. The number of hydrogen-bond donors (Lipinski definition) is 2. The molecule has 5 nitrogen and oxygen atoms in total.